The van der Waals surface area contributed by atoms with E-state index in [-0.39, 0.29) is 25.1 Å². The molecule has 1 aromatic rings. The largest absolute Gasteiger partial charge is 0.406 e. The van der Waals surface area contributed by atoms with E-state index in [0.717, 1.165) is 0 Å². The van der Waals surface area contributed by atoms with E-state index in [4.69, 9.17) is 0 Å². The summed E-state index contributed by atoms with van der Waals surface area (Å²) in [5.74, 6) is -2.51. The fourth-order valence-corrected chi connectivity index (χ4v) is 3.02. The third kappa shape index (κ3) is 4.68. The molecule has 132 valence electrons. The summed E-state index contributed by atoms with van der Waals surface area (Å²) in [6, 6.07) is 4.29. The van der Waals surface area contributed by atoms with Crippen LogP contribution in [0.15, 0.2) is 22.7 Å². The Morgan fingerprint density at radius 3 is 2.71 bits per heavy atom. The molecule has 9 heteroatoms. The molecule has 2 rings (SSSR count). The fourth-order valence-electron chi connectivity index (χ4n) is 2.62. The zero-order valence-corrected chi connectivity index (χ0v) is 14.3. The van der Waals surface area contributed by atoms with Gasteiger partial charge in [0, 0.05) is 36.6 Å². The Balaban J connectivity index is 2.01. The number of halogens is 5. The Kier molecular flexibility index (Phi) is 5.52. The lowest BCUT2D eigenvalue weighted by molar-refractivity contribution is -0.157. The van der Waals surface area contributed by atoms with Crippen LogP contribution < -0.4 is 0 Å². The molecule has 1 unspecified atom stereocenters. The first kappa shape index (κ1) is 18.7. The van der Waals surface area contributed by atoms with Crippen molar-refractivity contribution in [1.82, 2.24) is 9.80 Å². The zero-order valence-electron chi connectivity index (χ0n) is 12.7. The first-order chi connectivity index (χ1) is 11.1. The van der Waals surface area contributed by atoms with Gasteiger partial charge in [0.2, 0.25) is 11.8 Å². The fraction of sp³-hybridized carbons (Fsp3) is 0.467. The van der Waals surface area contributed by atoms with Gasteiger partial charge in [-0.15, -0.1) is 0 Å². The molecule has 1 fully saturated rings. The molecule has 0 saturated carbocycles. The smallest absolute Gasteiger partial charge is 0.341 e. The number of amides is 2. The van der Waals surface area contributed by atoms with Crippen molar-refractivity contribution in [1.29, 1.82) is 0 Å². The van der Waals surface area contributed by atoms with E-state index in [2.05, 4.69) is 15.9 Å². The van der Waals surface area contributed by atoms with Gasteiger partial charge in [0.1, 0.15) is 12.4 Å². The summed E-state index contributed by atoms with van der Waals surface area (Å²) >= 11 is 3.21. The molecular weight excluding hydrogens is 396 g/mol. The van der Waals surface area contributed by atoms with Gasteiger partial charge in [-0.05, 0) is 18.2 Å². The molecule has 0 N–H and O–H groups in total. The van der Waals surface area contributed by atoms with Gasteiger partial charge in [0.05, 0.1) is 5.92 Å². The predicted molar refractivity (Wildman–Crippen MR) is 81.3 cm³/mol. The van der Waals surface area contributed by atoms with Crippen LogP contribution in [0.5, 0.6) is 0 Å². The third-order valence-corrected chi connectivity index (χ3v) is 4.22. The van der Waals surface area contributed by atoms with Crippen LogP contribution in [-0.2, 0) is 16.1 Å². The molecule has 1 heterocycles. The van der Waals surface area contributed by atoms with Crippen molar-refractivity contribution in [3.8, 4) is 0 Å². The molecule has 24 heavy (non-hydrogen) atoms. The van der Waals surface area contributed by atoms with Gasteiger partial charge in [-0.3, -0.25) is 9.59 Å². The Labute approximate surface area is 144 Å². The van der Waals surface area contributed by atoms with E-state index in [1.807, 2.05) is 0 Å². The number of nitrogens with zero attached hydrogens (tertiary/aromatic N) is 2. The van der Waals surface area contributed by atoms with Crippen LogP contribution >= 0.6 is 15.9 Å². The van der Waals surface area contributed by atoms with Crippen LogP contribution in [0.25, 0.3) is 0 Å². The number of carbonyl (C=O) groups is 2. The number of alkyl halides is 3. The average Bonchev–Trinajstić information content (AvgIpc) is 2.81. The highest BCUT2D eigenvalue weighted by Gasteiger charge is 2.41. The Hall–Kier alpha value is -1.64. The molecular formula is C15H15BrF4N2O2. The lowest BCUT2D eigenvalue weighted by Crippen LogP contribution is -2.37. The van der Waals surface area contributed by atoms with Crippen LogP contribution in [0.4, 0.5) is 17.6 Å². The minimum Gasteiger partial charge on any atom is -0.341 e. The number of hydrogen-bond acceptors (Lipinski definition) is 2. The molecule has 0 bridgehead atoms. The van der Waals surface area contributed by atoms with E-state index >= 15 is 0 Å². The zero-order chi connectivity index (χ0) is 18.1. The minimum absolute atomic E-state index is 0.0337. The Morgan fingerprint density at radius 2 is 2.08 bits per heavy atom. The number of rotatable bonds is 4. The monoisotopic (exact) mass is 410 g/mol. The first-order valence-electron chi connectivity index (χ1n) is 7.10. The highest BCUT2D eigenvalue weighted by molar-refractivity contribution is 9.10. The van der Waals surface area contributed by atoms with Crippen LogP contribution in [0.1, 0.15) is 12.0 Å². The molecule has 1 aromatic carbocycles. The van der Waals surface area contributed by atoms with Crippen LogP contribution in [-0.4, -0.2) is 47.9 Å². The molecule has 1 atom stereocenters. The van der Waals surface area contributed by atoms with Crippen molar-refractivity contribution in [3.05, 3.63) is 34.1 Å². The van der Waals surface area contributed by atoms with Gasteiger partial charge in [0.15, 0.2) is 0 Å². The summed E-state index contributed by atoms with van der Waals surface area (Å²) in [6.07, 6.45) is -4.76. The van der Waals surface area contributed by atoms with Crippen molar-refractivity contribution >= 4 is 27.7 Å². The van der Waals surface area contributed by atoms with Crippen molar-refractivity contribution in [2.45, 2.75) is 19.1 Å². The quantitative estimate of drug-likeness (QED) is 0.716. The molecule has 1 saturated heterocycles. The van der Waals surface area contributed by atoms with Crippen molar-refractivity contribution < 1.29 is 27.2 Å². The highest BCUT2D eigenvalue weighted by Crippen LogP contribution is 2.25. The maximum atomic E-state index is 13.7. The number of likely N-dealkylation sites (tertiary alicyclic amines) is 1. The van der Waals surface area contributed by atoms with E-state index in [1.165, 1.54) is 30.1 Å². The maximum Gasteiger partial charge on any atom is 0.406 e. The number of benzene rings is 1. The summed E-state index contributed by atoms with van der Waals surface area (Å²) < 4.78 is 51.6. The molecule has 0 radical (unpaired) electrons. The second-order valence-corrected chi connectivity index (χ2v) is 6.64. The first-order valence-corrected chi connectivity index (χ1v) is 7.89. The Bertz CT molecular complexity index is 651. The van der Waals surface area contributed by atoms with E-state index in [0.29, 0.717) is 9.37 Å². The molecule has 0 aliphatic carbocycles. The second kappa shape index (κ2) is 7.08. The van der Waals surface area contributed by atoms with Crippen LogP contribution in [0, 0.1) is 11.7 Å². The highest BCUT2D eigenvalue weighted by atomic mass is 79.9. The number of hydrogen-bond donors (Lipinski definition) is 0. The average molecular weight is 411 g/mol. The van der Waals surface area contributed by atoms with E-state index in [9.17, 15) is 27.2 Å². The maximum absolute atomic E-state index is 13.7. The molecule has 4 nitrogen and oxygen atoms in total. The van der Waals surface area contributed by atoms with Crippen LogP contribution in [0.2, 0.25) is 0 Å². The molecule has 1 aliphatic rings. The molecule has 0 spiro atoms. The van der Waals surface area contributed by atoms with Gasteiger partial charge in [-0.25, -0.2) is 4.39 Å². The van der Waals surface area contributed by atoms with Gasteiger partial charge >= 0.3 is 6.18 Å². The minimum atomic E-state index is -4.50. The topological polar surface area (TPSA) is 40.6 Å². The SMILES string of the molecule is CN(Cc1cc(Br)ccc1F)C(=O)C1CC(=O)N(CC(F)(F)F)C1. The summed E-state index contributed by atoms with van der Waals surface area (Å²) in [6.45, 7) is -1.67. The summed E-state index contributed by atoms with van der Waals surface area (Å²) in [5, 5.41) is 0. The second-order valence-electron chi connectivity index (χ2n) is 5.72. The van der Waals surface area contributed by atoms with Gasteiger partial charge < -0.3 is 9.80 Å². The Morgan fingerprint density at radius 1 is 1.42 bits per heavy atom. The lowest BCUT2D eigenvalue weighted by Gasteiger charge is -2.22. The predicted octanol–water partition coefficient (Wildman–Crippen LogP) is 2.96. The van der Waals surface area contributed by atoms with Crippen LogP contribution in [0.3, 0.4) is 0 Å². The molecule has 0 aromatic heterocycles. The standard InChI is InChI=1S/C15H15BrF4N2O2/c1-21(6-9-4-11(16)2-3-12(9)17)14(24)10-5-13(23)22(7-10)8-15(18,19)20/h2-4,10H,5-8H2,1H3. The molecule has 2 amide bonds. The molecule has 1 aliphatic heterocycles. The van der Waals surface area contributed by atoms with Gasteiger partial charge in [-0.1, -0.05) is 15.9 Å². The number of carbonyl (C=O) groups excluding carboxylic acids is 2. The lowest BCUT2D eigenvalue weighted by atomic mass is 10.1. The van der Waals surface area contributed by atoms with Crippen molar-refractivity contribution in [3.63, 3.8) is 0 Å². The summed E-state index contributed by atoms with van der Waals surface area (Å²) in [7, 11) is 1.43. The van der Waals surface area contributed by atoms with E-state index < -0.39 is 36.3 Å². The van der Waals surface area contributed by atoms with Crippen molar-refractivity contribution in [2.75, 3.05) is 20.1 Å². The van der Waals surface area contributed by atoms with Crippen molar-refractivity contribution in [2.24, 2.45) is 5.92 Å². The summed E-state index contributed by atoms with van der Waals surface area (Å²) in [4.78, 5) is 25.8. The van der Waals surface area contributed by atoms with Gasteiger partial charge in [0.25, 0.3) is 0 Å². The van der Waals surface area contributed by atoms with Gasteiger partial charge in [-0.2, -0.15) is 13.2 Å². The normalized spacial score (nSPS) is 18.2. The third-order valence-electron chi connectivity index (χ3n) is 3.73. The summed E-state index contributed by atoms with van der Waals surface area (Å²) in [5.41, 5.74) is 0.275. The van der Waals surface area contributed by atoms with E-state index in [1.54, 1.807) is 0 Å².